The van der Waals surface area contributed by atoms with Crippen LogP contribution in [0.1, 0.15) is 40.3 Å². The van der Waals surface area contributed by atoms with Gasteiger partial charge in [0.15, 0.2) is 11.5 Å². The van der Waals surface area contributed by atoms with Gasteiger partial charge < -0.3 is 14.8 Å². The predicted molar refractivity (Wildman–Crippen MR) is 88.2 cm³/mol. The maximum Gasteiger partial charge on any atom is 0.387 e. The van der Waals surface area contributed by atoms with Crippen LogP contribution in [0.4, 0.5) is 8.78 Å². The Bertz CT molecular complexity index is 775. The lowest BCUT2D eigenvalue weighted by atomic mass is 10.1. The number of halogens is 2. The van der Waals surface area contributed by atoms with Gasteiger partial charge in [-0.1, -0.05) is 0 Å². The maximum atomic E-state index is 12.5. The van der Waals surface area contributed by atoms with Crippen LogP contribution in [0.15, 0.2) is 18.2 Å². The number of aromatic nitrogens is 2. The van der Waals surface area contributed by atoms with Crippen LogP contribution in [-0.4, -0.2) is 29.4 Å². The standard InChI is InChI=1S/C17H21F2N3O3/c1-9(15-10(2)21-22(4)11(15)3)20-16(23)12-6-7-13(24-5)14(8-12)25-17(18)19/h6-9,17H,1-5H3,(H,20,23). The van der Waals surface area contributed by atoms with Crippen molar-refractivity contribution in [1.82, 2.24) is 15.1 Å². The quantitative estimate of drug-likeness (QED) is 0.866. The second kappa shape index (κ2) is 7.50. The molecule has 8 heteroatoms. The molecular formula is C17H21F2N3O3. The van der Waals surface area contributed by atoms with Crippen molar-refractivity contribution in [2.45, 2.75) is 33.4 Å². The van der Waals surface area contributed by atoms with E-state index in [2.05, 4.69) is 15.2 Å². The molecule has 136 valence electrons. The highest BCUT2D eigenvalue weighted by atomic mass is 19.3. The van der Waals surface area contributed by atoms with Gasteiger partial charge in [-0.25, -0.2) is 0 Å². The number of nitrogens with zero attached hydrogens (tertiary/aromatic N) is 2. The van der Waals surface area contributed by atoms with Gasteiger partial charge in [0, 0.05) is 23.9 Å². The number of hydrogen-bond donors (Lipinski definition) is 1. The highest BCUT2D eigenvalue weighted by Gasteiger charge is 2.20. The Morgan fingerprint density at radius 3 is 2.48 bits per heavy atom. The Hall–Kier alpha value is -2.64. The normalized spacial score (nSPS) is 12.2. The molecule has 0 bridgehead atoms. The number of amides is 1. The van der Waals surface area contributed by atoms with E-state index in [0.29, 0.717) is 0 Å². The van der Waals surface area contributed by atoms with Crippen LogP contribution in [0.5, 0.6) is 11.5 Å². The molecule has 1 aromatic heterocycles. The number of carbonyl (C=O) groups excluding carboxylic acids is 1. The monoisotopic (exact) mass is 353 g/mol. The Kier molecular flexibility index (Phi) is 5.61. The SMILES string of the molecule is COc1ccc(C(=O)NC(C)c2c(C)nn(C)c2C)cc1OC(F)F. The fraction of sp³-hybridized carbons (Fsp3) is 0.412. The lowest BCUT2D eigenvalue weighted by Gasteiger charge is -2.16. The zero-order chi connectivity index (χ0) is 18.7. The first-order valence-corrected chi connectivity index (χ1v) is 7.68. The van der Waals surface area contributed by atoms with E-state index >= 15 is 0 Å². The Morgan fingerprint density at radius 1 is 1.28 bits per heavy atom. The van der Waals surface area contributed by atoms with Crippen molar-refractivity contribution in [3.8, 4) is 11.5 Å². The van der Waals surface area contributed by atoms with Crippen LogP contribution in [0.25, 0.3) is 0 Å². The summed E-state index contributed by atoms with van der Waals surface area (Å²) in [5.74, 6) is -0.465. The second-order valence-electron chi connectivity index (χ2n) is 5.65. The summed E-state index contributed by atoms with van der Waals surface area (Å²) in [4.78, 5) is 12.5. The molecule has 0 radical (unpaired) electrons. The number of rotatable bonds is 6. The fourth-order valence-corrected chi connectivity index (χ4v) is 2.77. The van der Waals surface area contributed by atoms with Gasteiger partial charge in [0.05, 0.1) is 18.8 Å². The zero-order valence-electron chi connectivity index (χ0n) is 14.8. The molecule has 0 saturated heterocycles. The van der Waals surface area contributed by atoms with E-state index in [4.69, 9.17) is 4.74 Å². The molecule has 1 N–H and O–H groups in total. The Labute approximate surface area is 144 Å². The molecule has 6 nitrogen and oxygen atoms in total. The third-order valence-electron chi connectivity index (χ3n) is 3.99. The molecule has 0 aliphatic heterocycles. The number of aryl methyl sites for hydroxylation is 2. The molecule has 0 aliphatic rings. The van der Waals surface area contributed by atoms with Crippen molar-refractivity contribution in [3.63, 3.8) is 0 Å². The summed E-state index contributed by atoms with van der Waals surface area (Å²) in [5, 5.41) is 7.18. The minimum absolute atomic E-state index is 0.129. The van der Waals surface area contributed by atoms with E-state index in [1.54, 1.807) is 4.68 Å². The number of hydrogen-bond acceptors (Lipinski definition) is 4. The van der Waals surface area contributed by atoms with Gasteiger partial charge in [0.25, 0.3) is 5.91 Å². The third-order valence-corrected chi connectivity index (χ3v) is 3.99. The third kappa shape index (κ3) is 4.07. The number of nitrogens with one attached hydrogen (secondary N) is 1. The summed E-state index contributed by atoms with van der Waals surface area (Å²) in [6.07, 6.45) is 0. The molecule has 1 aromatic carbocycles. The van der Waals surface area contributed by atoms with Crippen molar-refractivity contribution >= 4 is 5.91 Å². The van der Waals surface area contributed by atoms with E-state index in [9.17, 15) is 13.6 Å². The zero-order valence-corrected chi connectivity index (χ0v) is 14.8. The lowest BCUT2D eigenvalue weighted by molar-refractivity contribution is -0.0512. The van der Waals surface area contributed by atoms with Crippen molar-refractivity contribution in [2.75, 3.05) is 7.11 Å². The van der Waals surface area contributed by atoms with Crippen LogP contribution in [0, 0.1) is 13.8 Å². The first kappa shape index (κ1) is 18.7. The smallest absolute Gasteiger partial charge is 0.387 e. The first-order valence-electron chi connectivity index (χ1n) is 7.68. The largest absolute Gasteiger partial charge is 0.493 e. The average Bonchev–Trinajstić information content (AvgIpc) is 2.79. The second-order valence-corrected chi connectivity index (χ2v) is 5.65. The Morgan fingerprint density at radius 2 is 1.96 bits per heavy atom. The molecular weight excluding hydrogens is 332 g/mol. The van der Waals surface area contributed by atoms with Crippen molar-refractivity contribution in [1.29, 1.82) is 0 Å². The molecule has 0 fully saturated rings. The van der Waals surface area contributed by atoms with Crippen molar-refractivity contribution in [3.05, 3.63) is 40.7 Å². The number of alkyl halides is 2. The van der Waals surface area contributed by atoms with E-state index in [-0.39, 0.29) is 23.1 Å². The van der Waals surface area contributed by atoms with Crippen molar-refractivity contribution < 1.29 is 23.0 Å². The molecule has 2 aromatic rings. The summed E-state index contributed by atoms with van der Waals surface area (Å²) in [6, 6.07) is 3.85. The van der Waals surface area contributed by atoms with Crippen LogP contribution >= 0.6 is 0 Å². The minimum Gasteiger partial charge on any atom is -0.493 e. The minimum atomic E-state index is -3.01. The Balaban J connectivity index is 2.23. The highest BCUT2D eigenvalue weighted by molar-refractivity contribution is 5.95. The summed E-state index contributed by atoms with van der Waals surface area (Å²) in [5.41, 5.74) is 2.89. The number of benzene rings is 1. The van der Waals surface area contributed by atoms with E-state index in [1.807, 2.05) is 27.8 Å². The van der Waals surface area contributed by atoms with Gasteiger partial charge >= 0.3 is 6.61 Å². The van der Waals surface area contributed by atoms with Crippen LogP contribution < -0.4 is 14.8 Å². The van der Waals surface area contributed by atoms with Crippen LogP contribution in [0.3, 0.4) is 0 Å². The van der Waals surface area contributed by atoms with Gasteiger partial charge in [0.2, 0.25) is 0 Å². The summed E-state index contributed by atoms with van der Waals surface area (Å²) < 4.78 is 36.1. The van der Waals surface area contributed by atoms with E-state index in [1.165, 1.54) is 25.3 Å². The average molecular weight is 353 g/mol. The molecule has 2 rings (SSSR count). The van der Waals surface area contributed by atoms with E-state index in [0.717, 1.165) is 17.0 Å². The fourth-order valence-electron chi connectivity index (χ4n) is 2.77. The van der Waals surface area contributed by atoms with Gasteiger partial charge in [-0.2, -0.15) is 13.9 Å². The molecule has 1 amide bonds. The topological polar surface area (TPSA) is 65.4 Å². The van der Waals surface area contributed by atoms with Gasteiger partial charge in [-0.15, -0.1) is 0 Å². The van der Waals surface area contributed by atoms with E-state index < -0.39 is 12.5 Å². The number of ether oxygens (including phenoxy) is 2. The number of carbonyl (C=O) groups is 1. The number of methoxy groups -OCH3 is 1. The van der Waals surface area contributed by atoms with Crippen LogP contribution in [-0.2, 0) is 7.05 Å². The van der Waals surface area contributed by atoms with Gasteiger partial charge in [0.1, 0.15) is 0 Å². The molecule has 0 saturated carbocycles. The summed E-state index contributed by atoms with van der Waals surface area (Å²) in [7, 11) is 3.17. The van der Waals surface area contributed by atoms with Gasteiger partial charge in [-0.3, -0.25) is 9.48 Å². The van der Waals surface area contributed by atoms with Gasteiger partial charge in [-0.05, 0) is 39.0 Å². The van der Waals surface area contributed by atoms with Crippen LogP contribution in [0.2, 0.25) is 0 Å². The lowest BCUT2D eigenvalue weighted by Crippen LogP contribution is -2.27. The predicted octanol–water partition coefficient (Wildman–Crippen LogP) is 3.14. The molecule has 0 aliphatic carbocycles. The molecule has 1 unspecified atom stereocenters. The molecule has 1 atom stereocenters. The maximum absolute atomic E-state index is 12.5. The highest BCUT2D eigenvalue weighted by Crippen LogP contribution is 2.30. The molecule has 25 heavy (non-hydrogen) atoms. The molecule has 0 spiro atoms. The van der Waals surface area contributed by atoms with Crippen molar-refractivity contribution in [2.24, 2.45) is 7.05 Å². The summed E-state index contributed by atoms with van der Waals surface area (Å²) in [6.45, 7) is 2.62. The summed E-state index contributed by atoms with van der Waals surface area (Å²) >= 11 is 0. The molecule has 1 heterocycles. The first-order chi connectivity index (χ1) is 11.7.